The van der Waals surface area contributed by atoms with Gasteiger partial charge in [0.2, 0.25) is 5.91 Å². The van der Waals surface area contributed by atoms with Crippen LogP contribution in [0, 0.1) is 0 Å². The molecule has 1 aromatic carbocycles. The quantitative estimate of drug-likeness (QED) is 0.292. The van der Waals surface area contributed by atoms with Gasteiger partial charge in [0.25, 0.3) is 5.91 Å². The Hall–Kier alpha value is -3.62. The largest absolute Gasteiger partial charge is 0.525 e. The number of piperazine rings is 1. The molecule has 2 aliphatic heterocycles. The molecule has 2 amide bonds. The highest BCUT2D eigenvalue weighted by atomic mass is 31.2. The Morgan fingerprint density at radius 2 is 1.84 bits per heavy atom. The van der Waals surface area contributed by atoms with Crippen molar-refractivity contribution in [2.24, 2.45) is 0 Å². The van der Waals surface area contributed by atoms with Crippen molar-refractivity contribution in [1.82, 2.24) is 25.2 Å². The van der Waals surface area contributed by atoms with E-state index in [4.69, 9.17) is 19.4 Å². The van der Waals surface area contributed by atoms with Crippen LogP contribution in [-0.2, 0) is 23.5 Å². The van der Waals surface area contributed by atoms with Crippen LogP contribution in [-0.4, -0.2) is 119 Å². The number of nitrogens with one attached hydrogen (secondary N) is 1. The van der Waals surface area contributed by atoms with Gasteiger partial charge in [-0.05, 0) is 19.8 Å². The fourth-order valence-corrected chi connectivity index (χ4v) is 6.05. The van der Waals surface area contributed by atoms with Crippen LogP contribution in [0.3, 0.4) is 0 Å². The molecular weight excluding hydrogens is 583 g/mol. The second-order valence-electron chi connectivity index (χ2n) is 10.1. The third kappa shape index (κ3) is 8.94. The van der Waals surface area contributed by atoms with Gasteiger partial charge in [-0.2, -0.15) is 0 Å². The Kier molecular flexibility index (Phi) is 11.0. The van der Waals surface area contributed by atoms with Crippen LogP contribution in [0.25, 0.3) is 11.4 Å². The van der Waals surface area contributed by atoms with Crippen molar-refractivity contribution in [1.29, 1.82) is 0 Å². The number of ether oxygens (including phenoxy) is 1. The SMILES string of the molecule is CCOP(=O)(O)CC[C@@H](NC(=O)c1cc(N2CC[C@H](OC)C2)nc(-c2ccccc2)n1)C(=O)N1CCN(OC(=O)O)CC1. The molecule has 0 spiro atoms. The lowest BCUT2D eigenvalue weighted by molar-refractivity contribution is -0.154. The predicted octanol–water partition coefficient (Wildman–Crippen LogP) is 1.83. The van der Waals surface area contributed by atoms with E-state index in [1.54, 1.807) is 20.1 Å². The fourth-order valence-electron chi connectivity index (χ4n) is 4.94. The molecule has 4 rings (SSSR count). The number of hydroxylamine groups is 2. The van der Waals surface area contributed by atoms with Crippen molar-refractivity contribution in [3.05, 3.63) is 42.1 Å². The van der Waals surface area contributed by atoms with E-state index in [0.717, 1.165) is 6.42 Å². The van der Waals surface area contributed by atoms with E-state index in [2.05, 4.69) is 15.1 Å². The number of carboxylic acid groups (broad SMARTS) is 1. The van der Waals surface area contributed by atoms with E-state index in [-0.39, 0.29) is 57.2 Å². The molecule has 0 saturated carbocycles. The zero-order valence-corrected chi connectivity index (χ0v) is 25.0. The molecular formula is C27H37N6O9P. The van der Waals surface area contributed by atoms with E-state index in [0.29, 0.717) is 30.3 Å². The molecule has 1 aromatic heterocycles. The number of hydrogen-bond acceptors (Lipinski definition) is 11. The monoisotopic (exact) mass is 620 g/mol. The molecule has 2 fully saturated rings. The van der Waals surface area contributed by atoms with Crippen LogP contribution in [0.1, 0.15) is 30.3 Å². The lowest BCUT2D eigenvalue weighted by Gasteiger charge is -2.35. The molecule has 2 saturated heterocycles. The summed E-state index contributed by atoms with van der Waals surface area (Å²) in [4.78, 5) is 65.6. The van der Waals surface area contributed by atoms with Gasteiger partial charge < -0.3 is 39.2 Å². The van der Waals surface area contributed by atoms with E-state index >= 15 is 0 Å². The fraction of sp³-hybridized carbons (Fsp3) is 0.519. The summed E-state index contributed by atoms with van der Waals surface area (Å²) in [7, 11) is -2.36. The molecule has 1 unspecified atom stereocenters. The molecule has 0 aliphatic carbocycles. The number of methoxy groups -OCH3 is 1. The number of carbonyl (C=O) groups excluding carboxylic acids is 2. The third-order valence-electron chi connectivity index (χ3n) is 7.17. The topological polar surface area (TPSA) is 184 Å². The lowest BCUT2D eigenvalue weighted by atomic mass is 10.1. The average Bonchev–Trinajstić information content (AvgIpc) is 3.49. The molecule has 3 atom stereocenters. The summed E-state index contributed by atoms with van der Waals surface area (Å²) >= 11 is 0. The van der Waals surface area contributed by atoms with Crippen molar-refractivity contribution in [2.75, 3.05) is 64.0 Å². The van der Waals surface area contributed by atoms with Crippen molar-refractivity contribution in [2.45, 2.75) is 31.9 Å². The van der Waals surface area contributed by atoms with Gasteiger partial charge in [-0.25, -0.2) is 14.8 Å². The number of hydrogen-bond donors (Lipinski definition) is 3. The second-order valence-corrected chi connectivity index (χ2v) is 12.1. The zero-order valence-electron chi connectivity index (χ0n) is 24.1. The summed E-state index contributed by atoms with van der Waals surface area (Å²) in [6, 6.07) is 9.57. The number of carbonyl (C=O) groups is 3. The molecule has 43 heavy (non-hydrogen) atoms. The van der Waals surface area contributed by atoms with Crippen LogP contribution >= 0.6 is 7.60 Å². The van der Waals surface area contributed by atoms with Gasteiger partial charge in [0.15, 0.2) is 5.82 Å². The standard InChI is InChI=1S/C27H37N6O9P/c1-3-41-43(38,39)16-10-21(26(35)31-12-14-33(15-13-31)42-27(36)37)29-25(34)22-17-23(32-11-9-20(18-32)40-2)30-24(28-22)19-7-5-4-6-8-19/h4-8,17,20-21H,3,9-16,18H2,1-2H3,(H,29,34)(H,36,37)(H,38,39)/t20-,21+/m0/s1. The lowest BCUT2D eigenvalue weighted by Crippen LogP contribution is -2.55. The van der Waals surface area contributed by atoms with Gasteiger partial charge in [0, 0.05) is 44.9 Å². The molecule has 3 N–H and O–H groups in total. The molecule has 3 heterocycles. The van der Waals surface area contributed by atoms with Crippen molar-refractivity contribution in [3.8, 4) is 11.4 Å². The van der Waals surface area contributed by atoms with Gasteiger partial charge in [-0.15, -0.1) is 5.06 Å². The number of anilines is 1. The maximum Gasteiger partial charge on any atom is 0.525 e. The Balaban J connectivity index is 1.58. The number of rotatable bonds is 12. The van der Waals surface area contributed by atoms with Crippen molar-refractivity contribution < 1.29 is 43.0 Å². The molecule has 0 bridgehead atoms. The van der Waals surface area contributed by atoms with Crippen molar-refractivity contribution >= 4 is 31.4 Å². The maximum absolute atomic E-state index is 13.7. The smallest absolute Gasteiger partial charge is 0.448 e. The highest BCUT2D eigenvalue weighted by Crippen LogP contribution is 2.42. The number of aromatic nitrogens is 2. The Labute approximate surface area is 249 Å². The summed E-state index contributed by atoms with van der Waals surface area (Å²) < 4.78 is 22.9. The zero-order chi connectivity index (χ0) is 31.0. The number of amides is 2. The molecule has 234 valence electrons. The van der Waals surface area contributed by atoms with Crippen LogP contribution in [0.5, 0.6) is 0 Å². The van der Waals surface area contributed by atoms with E-state index < -0.39 is 31.6 Å². The summed E-state index contributed by atoms with van der Waals surface area (Å²) in [5, 5.41) is 12.8. The predicted molar refractivity (Wildman–Crippen MR) is 155 cm³/mol. The van der Waals surface area contributed by atoms with Crippen LogP contribution < -0.4 is 10.2 Å². The molecule has 2 aliphatic rings. The second kappa shape index (κ2) is 14.7. The Bertz CT molecular complexity index is 1330. The first-order valence-corrected chi connectivity index (χ1v) is 15.8. The van der Waals surface area contributed by atoms with Crippen LogP contribution in [0.15, 0.2) is 36.4 Å². The van der Waals surface area contributed by atoms with Crippen molar-refractivity contribution in [3.63, 3.8) is 0 Å². The minimum absolute atomic E-state index is 0.0106. The molecule has 15 nitrogen and oxygen atoms in total. The van der Waals surface area contributed by atoms with Crippen LogP contribution in [0.4, 0.5) is 10.6 Å². The summed E-state index contributed by atoms with van der Waals surface area (Å²) in [6.07, 6.45) is -1.17. The molecule has 16 heteroatoms. The summed E-state index contributed by atoms with van der Waals surface area (Å²) in [6.45, 7) is 3.37. The summed E-state index contributed by atoms with van der Waals surface area (Å²) in [5.74, 6) is -0.275. The first kappa shape index (κ1) is 32.3. The number of benzene rings is 1. The minimum atomic E-state index is -4.01. The van der Waals surface area contributed by atoms with Gasteiger partial charge in [0.1, 0.15) is 17.6 Å². The van der Waals surface area contributed by atoms with Gasteiger partial charge in [0.05, 0.1) is 32.0 Å². The van der Waals surface area contributed by atoms with E-state index in [1.165, 1.54) is 9.96 Å². The van der Waals surface area contributed by atoms with Gasteiger partial charge >= 0.3 is 13.8 Å². The van der Waals surface area contributed by atoms with Gasteiger partial charge in [-0.1, -0.05) is 30.3 Å². The Morgan fingerprint density at radius 1 is 1.12 bits per heavy atom. The number of nitrogens with zero attached hydrogens (tertiary/aromatic N) is 5. The minimum Gasteiger partial charge on any atom is -0.448 e. The molecule has 2 aromatic rings. The highest BCUT2D eigenvalue weighted by Gasteiger charge is 2.33. The normalized spacial score (nSPS) is 19.5. The molecule has 0 radical (unpaired) electrons. The first-order valence-electron chi connectivity index (χ1n) is 14.0. The highest BCUT2D eigenvalue weighted by molar-refractivity contribution is 7.52. The first-order chi connectivity index (χ1) is 20.6. The third-order valence-corrected chi connectivity index (χ3v) is 8.66. The Morgan fingerprint density at radius 3 is 2.47 bits per heavy atom. The van der Waals surface area contributed by atoms with Gasteiger partial charge in [-0.3, -0.25) is 14.2 Å². The van der Waals surface area contributed by atoms with E-state index in [1.807, 2.05) is 35.2 Å². The average molecular weight is 621 g/mol. The van der Waals surface area contributed by atoms with E-state index in [9.17, 15) is 23.8 Å². The summed E-state index contributed by atoms with van der Waals surface area (Å²) in [5.41, 5.74) is 0.729. The maximum atomic E-state index is 13.7. The van der Waals surface area contributed by atoms with Crippen LogP contribution in [0.2, 0.25) is 0 Å².